The lowest BCUT2D eigenvalue weighted by molar-refractivity contribution is 0.329. The highest BCUT2D eigenvalue weighted by molar-refractivity contribution is 7.80. The van der Waals surface area contributed by atoms with Gasteiger partial charge in [0.1, 0.15) is 5.65 Å². The fraction of sp³-hybridized carbons (Fsp3) is 0.273. The van der Waals surface area contributed by atoms with Crippen LogP contribution in [0.4, 0.5) is 0 Å². The number of ether oxygens (including phenoxy) is 1. The largest absolute Gasteiger partial charge is 0.487 e. The molecule has 3 nitrogen and oxygen atoms in total. The Labute approximate surface area is 93.7 Å². The first-order valence-corrected chi connectivity index (χ1v) is 5.28. The molecule has 0 saturated heterocycles. The van der Waals surface area contributed by atoms with E-state index in [1.165, 1.54) is 0 Å². The zero-order chi connectivity index (χ0) is 10.7. The Morgan fingerprint density at radius 1 is 1.53 bits per heavy atom. The molecule has 0 aliphatic rings. The standard InChI is InChI=1S/C11H12N2OS/c1-2-14-11(15)8-9-4-3-5-10-12-6-7-13(9)10/h3-7H,2,8H2,1H3. The minimum atomic E-state index is 0.624. The van der Waals surface area contributed by atoms with Crippen LogP contribution in [-0.2, 0) is 11.2 Å². The zero-order valence-corrected chi connectivity index (χ0v) is 9.33. The van der Waals surface area contributed by atoms with Crippen LogP contribution in [-0.4, -0.2) is 21.0 Å². The van der Waals surface area contributed by atoms with E-state index in [1.54, 1.807) is 6.20 Å². The van der Waals surface area contributed by atoms with E-state index in [0.717, 1.165) is 11.3 Å². The van der Waals surface area contributed by atoms with Gasteiger partial charge in [-0.15, -0.1) is 0 Å². The van der Waals surface area contributed by atoms with Gasteiger partial charge in [0, 0.05) is 18.1 Å². The molecular formula is C11H12N2OS. The molecule has 0 fully saturated rings. The number of rotatable bonds is 3. The maximum absolute atomic E-state index is 5.27. The smallest absolute Gasteiger partial charge is 0.165 e. The van der Waals surface area contributed by atoms with Crippen molar-refractivity contribution in [3.05, 3.63) is 36.3 Å². The van der Waals surface area contributed by atoms with E-state index < -0.39 is 0 Å². The normalized spacial score (nSPS) is 10.5. The van der Waals surface area contributed by atoms with Crippen molar-refractivity contribution in [1.82, 2.24) is 9.38 Å². The Morgan fingerprint density at radius 3 is 3.20 bits per heavy atom. The molecule has 0 N–H and O–H groups in total. The quantitative estimate of drug-likeness (QED) is 0.742. The van der Waals surface area contributed by atoms with Gasteiger partial charge < -0.3 is 9.14 Å². The third-order valence-corrected chi connectivity index (χ3v) is 2.41. The molecule has 0 amide bonds. The van der Waals surface area contributed by atoms with Crippen molar-refractivity contribution in [3.8, 4) is 0 Å². The third-order valence-electron chi connectivity index (χ3n) is 2.14. The van der Waals surface area contributed by atoms with Gasteiger partial charge in [0.2, 0.25) is 0 Å². The minimum Gasteiger partial charge on any atom is -0.487 e. The Balaban J connectivity index is 2.27. The summed E-state index contributed by atoms with van der Waals surface area (Å²) in [5, 5.41) is 0.624. The van der Waals surface area contributed by atoms with Crippen molar-refractivity contribution in [2.75, 3.05) is 6.61 Å². The van der Waals surface area contributed by atoms with Gasteiger partial charge in [-0.3, -0.25) is 0 Å². The first-order valence-electron chi connectivity index (χ1n) is 4.88. The number of thiocarbonyl (C=S) groups is 1. The maximum Gasteiger partial charge on any atom is 0.165 e. The second-order valence-electron chi connectivity index (χ2n) is 3.15. The van der Waals surface area contributed by atoms with Crippen LogP contribution in [0, 0.1) is 0 Å². The van der Waals surface area contributed by atoms with Crippen LogP contribution in [0.15, 0.2) is 30.6 Å². The molecule has 2 rings (SSSR count). The van der Waals surface area contributed by atoms with Crippen LogP contribution in [0.3, 0.4) is 0 Å². The lowest BCUT2D eigenvalue weighted by Gasteiger charge is -2.07. The van der Waals surface area contributed by atoms with E-state index in [2.05, 4.69) is 4.98 Å². The average molecular weight is 220 g/mol. The van der Waals surface area contributed by atoms with Gasteiger partial charge in [0.25, 0.3) is 0 Å². The number of pyridine rings is 1. The summed E-state index contributed by atoms with van der Waals surface area (Å²) < 4.78 is 7.29. The number of nitrogens with zero attached hydrogens (tertiary/aromatic N) is 2. The summed E-state index contributed by atoms with van der Waals surface area (Å²) in [6, 6.07) is 5.97. The fourth-order valence-corrected chi connectivity index (χ4v) is 1.78. The van der Waals surface area contributed by atoms with Crippen molar-refractivity contribution in [1.29, 1.82) is 0 Å². The highest BCUT2D eigenvalue weighted by atomic mass is 32.1. The second kappa shape index (κ2) is 4.40. The van der Waals surface area contributed by atoms with Gasteiger partial charge in [-0.2, -0.15) is 0 Å². The second-order valence-corrected chi connectivity index (χ2v) is 3.61. The molecular weight excluding hydrogens is 208 g/mol. The minimum absolute atomic E-state index is 0.624. The molecule has 0 saturated carbocycles. The molecule has 2 aromatic heterocycles. The molecule has 15 heavy (non-hydrogen) atoms. The van der Waals surface area contributed by atoms with Crippen molar-refractivity contribution in [2.45, 2.75) is 13.3 Å². The van der Waals surface area contributed by atoms with Crippen molar-refractivity contribution in [2.24, 2.45) is 0 Å². The fourth-order valence-electron chi connectivity index (χ4n) is 1.51. The van der Waals surface area contributed by atoms with Crippen molar-refractivity contribution >= 4 is 22.9 Å². The summed E-state index contributed by atoms with van der Waals surface area (Å²) in [6.07, 6.45) is 4.36. The SMILES string of the molecule is CCOC(=S)Cc1cccc2nccn12. The lowest BCUT2D eigenvalue weighted by atomic mass is 10.3. The number of hydrogen-bond acceptors (Lipinski definition) is 3. The number of hydrogen-bond donors (Lipinski definition) is 0. The molecule has 0 unspecified atom stereocenters. The Hall–Kier alpha value is -1.42. The molecule has 4 heteroatoms. The summed E-state index contributed by atoms with van der Waals surface area (Å²) in [6.45, 7) is 2.56. The highest BCUT2D eigenvalue weighted by Gasteiger charge is 2.04. The number of aromatic nitrogens is 2. The molecule has 0 atom stereocenters. The van der Waals surface area contributed by atoms with Crippen LogP contribution < -0.4 is 0 Å². The van der Waals surface area contributed by atoms with E-state index in [9.17, 15) is 0 Å². The van der Waals surface area contributed by atoms with E-state index >= 15 is 0 Å². The summed E-state index contributed by atoms with van der Waals surface area (Å²) in [5.41, 5.74) is 2.04. The van der Waals surface area contributed by atoms with Crippen LogP contribution in [0.1, 0.15) is 12.6 Å². The van der Waals surface area contributed by atoms with Crippen LogP contribution in [0.25, 0.3) is 5.65 Å². The monoisotopic (exact) mass is 220 g/mol. The van der Waals surface area contributed by atoms with E-state index in [1.807, 2.05) is 35.7 Å². The summed E-state index contributed by atoms with van der Waals surface area (Å²) in [5.74, 6) is 0. The average Bonchev–Trinajstić information content (AvgIpc) is 2.67. The molecule has 0 aromatic carbocycles. The van der Waals surface area contributed by atoms with Gasteiger partial charge >= 0.3 is 0 Å². The van der Waals surface area contributed by atoms with Crippen LogP contribution in [0.2, 0.25) is 0 Å². The Bertz CT molecular complexity index is 478. The molecule has 0 spiro atoms. The van der Waals surface area contributed by atoms with Gasteiger partial charge in [-0.25, -0.2) is 4.98 Å². The molecule has 0 radical (unpaired) electrons. The topological polar surface area (TPSA) is 26.5 Å². The van der Waals surface area contributed by atoms with Crippen molar-refractivity contribution in [3.63, 3.8) is 0 Å². The molecule has 0 aliphatic carbocycles. The van der Waals surface area contributed by atoms with E-state index in [-0.39, 0.29) is 0 Å². The predicted octanol–water partition coefficient (Wildman–Crippen LogP) is 2.24. The Kier molecular flexibility index (Phi) is 2.97. The molecule has 0 bridgehead atoms. The maximum atomic E-state index is 5.27. The van der Waals surface area contributed by atoms with Gasteiger partial charge in [0.15, 0.2) is 5.05 Å². The molecule has 2 heterocycles. The van der Waals surface area contributed by atoms with Gasteiger partial charge in [0.05, 0.1) is 13.0 Å². The van der Waals surface area contributed by atoms with E-state index in [4.69, 9.17) is 17.0 Å². The molecule has 0 aliphatic heterocycles. The summed E-state index contributed by atoms with van der Waals surface area (Å²) in [4.78, 5) is 4.21. The zero-order valence-electron chi connectivity index (χ0n) is 8.51. The van der Waals surface area contributed by atoms with Gasteiger partial charge in [-0.1, -0.05) is 6.07 Å². The highest BCUT2D eigenvalue weighted by Crippen LogP contribution is 2.07. The molecule has 78 valence electrons. The van der Waals surface area contributed by atoms with Crippen LogP contribution >= 0.6 is 12.2 Å². The number of imidazole rings is 1. The summed E-state index contributed by atoms with van der Waals surface area (Å²) in [7, 11) is 0. The van der Waals surface area contributed by atoms with Crippen molar-refractivity contribution < 1.29 is 4.74 Å². The lowest BCUT2D eigenvalue weighted by Crippen LogP contribution is -2.08. The van der Waals surface area contributed by atoms with Crippen LogP contribution in [0.5, 0.6) is 0 Å². The summed E-state index contributed by atoms with van der Waals surface area (Å²) >= 11 is 5.12. The van der Waals surface area contributed by atoms with Gasteiger partial charge in [-0.05, 0) is 31.3 Å². The third kappa shape index (κ3) is 2.15. The predicted molar refractivity (Wildman–Crippen MR) is 63.1 cm³/mol. The first-order chi connectivity index (χ1) is 7.31. The Morgan fingerprint density at radius 2 is 2.40 bits per heavy atom. The first kappa shape index (κ1) is 10.1. The molecule has 2 aromatic rings. The van der Waals surface area contributed by atoms with E-state index in [0.29, 0.717) is 18.1 Å². The number of fused-ring (bicyclic) bond motifs is 1.